The van der Waals surface area contributed by atoms with Crippen molar-refractivity contribution in [2.24, 2.45) is 23.5 Å². The summed E-state index contributed by atoms with van der Waals surface area (Å²) in [5.41, 5.74) is -3.14. The van der Waals surface area contributed by atoms with Crippen LogP contribution >= 0.6 is 0 Å². The monoisotopic (exact) mass is 1450 g/mol. The van der Waals surface area contributed by atoms with Crippen LogP contribution in [0.4, 0.5) is 0 Å². The molecule has 574 valence electrons. The predicted molar refractivity (Wildman–Crippen MR) is 375 cm³/mol. The molecule has 34 nitrogen and oxygen atoms in total. The number of carbonyl (C=O) groups excluding carboxylic acids is 14. The Kier molecular flexibility index (Phi) is 29.6. The van der Waals surface area contributed by atoms with Gasteiger partial charge in [-0.3, -0.25) is 67.1 Å². The second-order valence-corrected chi connectivity index (χ2v) is 31.1. The molecule has 2 saturated heterocycles. The number of aliphatic hydroxyl groups excluding tert-OH is 3. The van der Waals surface area contributed by atoms with Crippen LogP contribution in [-0.2, 0) is 84.6 Å². The van der Waals surface area contributed by atoms with Gasteiger partial charge in [0.05, 0.1) is 43.1 Å². The number of likely N-dealkylation sites (tertiary alicyclic amines) is 2. The lowest BCUT2D eigenvalue weighted by Crippen LogP contribution is -2.66. The van der Waals surface area contributed by atoms with Crippen LogP contribution in [0.15, 0.2) is 36.5 Å². The van der Waals surface area contributed by atoms with Gasteiger partial charge < -0.3 is 89.3 Å². The number of hydrogen-bond donors (Lipinski definition) is 15. The van der Waals surface area contributed by atoms with Crippen LogP contribution in [0.2, 0.25) is 0 Å². The van der Waals surface area contributed by atoms with Gasteiger partial charge >= 0.3 is 0 Å². The van der Waals surface area contributed by atoms with Crippen LogP contribution in [0.5, 0.6) is 0 Å². The predicted octanol–water partition coefficient (Wildman–Crippen LogP) is -2.71. The molecule has 3 heterocycles. The summed E-state index contributed by atoms with van der Waals surface area (Å²) in [6, 6.07) is 0.645. The van der Waals surface area contributed by atoms with E-state index < -0.39 is 203 Å². The Balaban J connectivity index is 1.40. The third kappa shape index (κ3) is 23.9. The minimum absolute atomic E-state index is 0.0508. The fourth-order valence-corrected chi connectivity index (χ4v) is 11.6. The highest BCUT2D eigenvalue weighted by atomic mass is 16.3. The fraction of sp³-hybridized carbons (Fsp3) is 0.681. The van der Waals surface area contributed by atoms with Crippen molar-refractivity contribution in [3.63, 3.8) is 0 Å². The molecule has 34 heteroatoms. The average Bonchev–Trinajstić information content (AvgIpc) is 1.71. The molecular formula is C69H111N17O17. The molecule has 1 aromatic heterocycles. The highest BCUT2D eigenvalue weighted by Crippen LogP contribution is 2.27. The van der Waals surface area contributed by atoms with E-state index in [0.29, 0.717) is 0 Å². The molecule has 2 fully saturated rings. The van der Waals surface area contributed by atoms with Crippen molar-refractivity contribution in [2.75, 3.05) is 26.2 Å². The van der Waals surface area contributed by atoms with E-state index in [4.69, 9.17) is 5.73 Å². The summed E-state index contributed by atoms with van der Waals surface area (Å²) in [5.74, 6) is -11.8. The van der Waals surface area contributed by atoms with Gasteiger partial charge in [0.15, 0.2) is 0 Å². The van der Waals surface area contributed by atoms with Gasteiger partial charge in [-0.15, -0.1) is 5.10 Å². The summed E-state index contributed by atoms with van der Waals surface area (Å²) in [4.78, 5) is 194. The highest BCUT2D eigenvalue weighted by molar-refractivity contribution is 6.02. The molecule has 2 aliphatic heterocycles. The normalized spacial score (nSPS) is 18.1. The van der Waals surface area contributed by atoms with Gasteiger partial charge in [-0.05, 0) is 126 Å². The number of aromatic nitrogens is 3. The zero-order valence-corrected chi connectivity index (χ0v) is 62.8. The van der Waals surface area contributed by atoms with Crippen LogP contribution < -0.4 is 64.2 Å². The number of hydrogen-bond acceptors (Lipinski definition) is 19. The Hall–Kier alpha value is -9.18. The lowest BCUT2D eigenvalue weighted by Gasteiger charge is -2.37. The number of nitrogens with zero attached hydrogens (tertiary/aromatic N) is 5. The molecule has 0 bridgehead atoms. The maximum absolute atomic E-state index is 14.5. The lowest BCUT2D eigenvalue weighted by molar-refractivity contribution is -0.147. The van der Waals surface area contributed by atoms with Gasteiger partial charge in [-0.25, -0.2) is 4.68 Å². The minimum Gasteiger partial charge on any atom is -0.394 e. The Morgan fingerprint density at radius 3 is 1.59 bits per heavy atom. The molecule has 103 heavy (non-hydrogen) atoms. The number of rotatable bonds is 35. The first-order chi connectivity index (χ1) is 47.4. The molecule has 16 N–H and O–H groups in total. The van der Waals surface area contributed by atoms with Crippen molar-refractivity contribution in [3.8, 4) is 0 Å². The first-order valence-corrected chi connectivity index (χ1v) is 34.6. The molecule has 0 saturated carbocycles. The Morgan fingerprint density at radius 1 is 0.573 bits per heavy atom. The molecule has 1 aromatic carbocycles. The third-order valence-electron chi connectivity index (χ3n) is 17.8. The summed E-state index contributed by atoms with van der Waals surface area (Å²) >= 11 is 0. The number of benzene rings is 1. The summed E-state index contributed by atoms with van der Waals surface area (Å²) in [6.07, 6.45) is -2.16. The smallest absolute Gasteiger partial charge is 0.248 e. The van der Waals surface area contributed by atoms with Gasteiger partial charge in [0.25, 0.3) is 0 Å². The fourth-order valence-electron chi connectivity index (χ4n) is 11.6. The minimum atomic E-state index is -1.88. The van der Waals surface area contributed by atoms with Crippen LogP contribution in [0.25, 0.3) is 0 Å². The molecule has 4 rings (SSSR count). The molecule has 9 atom stereocenters. The van der Waals surface area contributed by atoms with E-state index in [2.05, 4.69) is 68.8 Å². The van der Waals surface area contributed by atoms with Crippen LogP contribution in [-0.4, -0.2) is 226 Å². The molecule has 0 unspecified atom stereocenters. The van der Waals surface area contributed by atoms with E-state index in [-0.39, 0.29) is 55.7 Å². The lowest BCUT2D eigenvalue weighted by atomic mass is 9.96. The Morgan fingerprint density at radius 2 is 1.08 bits per heavy atom. The van der Waals surface area contributed by atoms with Crippen molar-refractivity contribution < 1.29 is 82.4 Å². The van der Waals surface area contributed by atoms with Crippen molar-refractivity contribution in [2.45, 2.75) is 258 Å². The standard InChI is InChI=1S/C69H111N17O17/c1-36(2)27-45(74-50(92)31-71-57(97)51(37(3)4)76-61(101)69(18,19)86-34-48(82-83-86)64(8,9)80-58(98)52(38(5)6)72-39(7)88)54(94)77-66(12,13)60(100)81-68(16,17)63(103)84-32-42(89)29-46(84)55(95)75-44(25-26-49(70)91)53(93)78-67(14,15)62(102)85-33-43(90)30-47(85)56(96)79-65(10,11)59(99)73-41(35-87)28-40-23-21-20-22-24-40/h20-24,34,36-38,41-47,51-52,87,89-90H,25-33,35H2,1-19H3,(H2,70,91)(H,71,97)(H,72,88)(H,73,99)(H,74,92)(H,75,95)(H,76,101)(H,77,94)(H,78,93)(H,79,96)(H,80,98)(H,81,100)/t41-,42+,43+,44-,45-,46-,47-,51-,52-/m0/s1. The molecule has 2 aliphatic rings. The highest BCUT2D eigenvalue weighted by Gasteiger charge is 2.50. The number of amides is 14. The van der Waals surface area contributed by atoms with Crippen LogP contribution in [0.3, 0.4) is 0 Å². The molecule has 2 aromatic rings. The van der Waals surface area contributed by atoms with Crippen molar-refractivity contribution in [3.05, 3.63) is 47.8 Å². The molecule has 14 amide bonds. The van der Waals surface area contributed by atoms with Crippen molar-refractivity contribution in [1.29, 1.82) is 0 Å². The SMILES string of the molecule is CC(=O)N[C@H](C(=O)NC(C)(C)c1cn(C(C)(C)C(=O)N[C@H](C(=O)NCC(=O)N[C@@H](CC(C)C)C(=O)NC(C)(C)C(=O)NC(C)(C)C(=O)N2C[C@H](O)C[C@H]2C(=O)N[C@@H](CCC(N)=O)C(=O)NC(C)(C)C(=O)N2C[C@H](O)C[C@H]2C(=O)NC(C)(C)C(=O)N[C@H](CO)Cc2ccccc2)C(C)C)nn1)C(C)C. The number of nitrogens with two attached hydrogens (primary N) is 1. The largest absolute Gasteiger partial charge is 0.394 e. The third-order valence-corrected chi connectivity index (χ3v) is 17.8. The summed E-state index contributed by atoms with van der Waals surface area (Å²) in [6.45, 7) is 27.1. The molecule has 0 radical (unpaired) electrons. The summed E-state index contributed by atoms with van der Waals surface area (Å²) < 4.78 is 1.27. The Bertz CT molecular complexity index is 3440. The molecule has 0 spiro atoms. The van der Waals surface area contributed by atoms with Crippen LogP contribution in [0.1, 0.15) is 175 Å². The summed E-state index contributed by atoms with van der Waals surface area (Å²) in [7, 11) is 0. The van der Waals surface area contributed by atoms with Gasteiger partial charge in [-0.1, -0.05) is 77.1 Å². The van der Waals surface area contributed by atoms with Gasteiger partial charge in [0.1, 0.15) is 69.6 Å². The maximum Gasteiger partial charge on any atom is 0.248 e. The number of carbonyl (C=O) groups is 14. The van der Waals surface area contributed by atoms with Crippen molar-refractivity contribution in [1.82, 2.24) is 83.3 Å². The van der Waals surface area contributed by atoms with Gasteiger partial charge in [0, 0.05) is 39.3 Å². The van der Waals surface area contributed by atoms with E-state index in [1.165, 1.54) is 87.0 Å². The maximum atomic E-state index is 14.5. The topological polar surface area (TPSA) is 495 Å². The van der Waals surface area contributed by atoms with E-state index in [1.807, 2.05) is 30.3 Å². The number of nitrogens with one attached hydrogen (secondary N) is 11. The molecule has 0 aliphatic carbocycles. The Labute approximate surface area is 601 Å². The quantitative estimate of drug-likeness (QED) is 0.0334. The van der Waals surface area contributed by atoms with E-state index in [9.17, 15) is 82.4 Å². The molecular weight excluding hydrogens is 1340 g/mol. The van der Waals surface area contributed by atoms with Gasteiger partial charge in [-0.2, -0.15) is 0 Å². The average molecular weight is 1450 g/mol. The second-order valence-electron chi connectivity index (χ2n) is 31.1. The zero-order valence-electron chi connectivity index (χ0n) is 62.8. The number of β-amino-alcohol motifs (C(OH)–C–C–N with tert-alkyl or cyclic N) is 2. The first kappa shape index (κ1) is 86.2. The van der Waals surface area contributed by atoms with E-state index in [0.717, 1.165) is 15.4 Å². The number of primary amides is 1. The van der Waals surface area contributed by atoms with Gasteiger partial charge in [0.2, 0.25) is 82.7 Å². The van der Waals surface area contributed by atoms with Crippen LogP contribution in [0, 0.1) is 17.8 Å². The van der Waals surface area contributed by atoms with E-state index in [1.54, 1.807) is 55.4 Å². The number of aliphatic hydroxyl groups is 3. The summed E-state index contributed by atoms with van der Waals surface area (Å²) in [5, 5.41) is 69.2. The zero-order chi connectivity index (χ0) is 78.4. The second kappa shape index (κ2) is 35.3. The van der Waals surface area contributed by atoms with E-state index >= 15 is 0 Å². The first-order valence-electron chi connectivity index (χ1n) is 34.6. The van der Waals surface area contributed by atoms with Crippen molar-refractivity contribution >= 4 is 82.7 Å².